The van der Waals surface area contributed by atoms with Gasteiger partial charge in [0.25, 0.3) is 0 Å². The second kappa shape index (κ2) is 3.78. The molecule has 0 radical (unpaired) electrons. The Kier molecular flexibility index (Phi) is 3.88. The lowest BCUT2D eigenvalue weighted by atomic mass is 9.93. The Labute approximate surface area is 67.5 Å². The Morgan fingerprint density at radius 2 is 1.64 bits per heavy atom. The zero-order valence-corrected chi connectivity index (χ0v) is 8.01. The summed E-state index contributed by atoms with van der Waals surface area (Å²) in [7, 11) is -4.00. The summed E-state index contributed by atoms with van der Waals surface area (Å²) in [6, 6.07) is 0. The van der Waals surface area contributed by atoms with Crippen LogP contribution in [0.5, 0.6) is 0 Å². The fourth-order valence-corrected chi connectivity index (χ4v) is 0.811. The highest BCUT2D eigenvalue weighted by atomic mass is 31.2. The molecule has 0 aliphatic heterocycles. The van der Waals surface area contributed by atoms with E-state index in [0.717, 1.165) is 0 Å². The van der Waals surface area contributed by atoms with Crippen molar-refractivity contribution in [2.45, 2.75) is 27.2 Å². The maximum absolute atomic E-state index is 8.41. The number of hydrogen-bond acceptors (Lipinski definition) is 4. The largest absolute Gasteiger partial charge is 0.567 e. The molecule has 0 saturated carbocycles. The van der Waals surface area contributed by atoms with Crippen LogP contribution < -0.4 is 0 Å². The first kappa shape index (κ1) is 11.3. The molecule has 0 atom stereocenters. The van der Waals surface area contributed by atoms with Gasteiger partial charge in [-0.25, -0.2) is 0 Å². The van der Waals surface area contributed by atoms with Crippen molar-refractivity contribution in [1.82, 2.24) is 0 Å². The van der Waals surface area contributed by atoms with Crippen LogP contribution in [0.2, 0.25) is 0 Å². The highest BCUT2D eigenvalue weighted by Gasteiger charge is 2.33. The minimum Gasteiger partial charge on any atom is -0.168 e. The molecule has 0 fully saturated rings. The fraction of sp³-hybridized carbons (Fsp3) is 1.00. The van der Waals surface area contributed by atoms with Gasteiger partial charge in [0.2, 0.25) is 0 Å². The van der Waals surface area contributed by atoms with Crippen molar-refractivity contribution in [2.24, 2.45) is 5.41 Å². The van der Waals surface area contributed by atoms with E-state index in [1.54, 1.807) is 0 Å². The van der Waals surface area contributed by atoms with E-state index in [9.17, 15) is 0 Å². The monoisotopic (exact) mass is 183 g/mol. The van der Waals surface area contributed by atoms with Gasteiger partial charge < -0.3 is 0 Å². The van der Waals surface area contributed by atoms with Crippen LogP contribution >= 0.6 is 8.17 Å². The van der Waals surface area contributed by atoms with Gasteiger partial charge in [-0.05, 0) is 11.8 Å². The standard InChI is InChI=1S/C6H16O4P/c1-6(2,3)4-5-10-11(7,8)9/h7-9H,4-5H2,1-3H3/q+1. The number of hydrogen-bond donors (Lipinski definition) is 3. The average molecular weight is 183 g/mol. The van der Waals surface area contributed by atoms with E-state index in [0.29, 0.717) is 6.42 Å². The van der Waals surface area contributed by atoms with Crippen molar-refractivity contribution in [3.63, 3.8) is 0 Å². The molecule has 0 aliphatic rings. The molecule has 0 spiro atoms. The minimum atomic E-state index is -4.00. The van der Waals surface area contributed by atoms with Crippen LogP contribution in [-0.4, -0.2) is 21.3 Å². The van der Waals surface area contributed by atoms with Crippen molar-refractivity contribution in [2.75, 3.05) is 6.61 Å². The molecule has 0 saturated heterocycles. The van der Waals surface area contributed by atoms with Crippen molar-refractivity contribution in [3.05, 3.63) is 0 Å². The first-order valence-electron chi connectivity index (χ1n) is 3.42. The SMILES string of the molecule is CC(C)(C)CCO[P+](O)(O)O. The van der Waals surface area contributed by atoms with E-state index in [1.165, 1.54) is 0 Å². The summed E-state index contributed by atoms with van der Waals surface area (Å²) < 4.78 is 4.38. The first-order chi connectivity index (χ1) is 4.71. The van der Waals surface area contributed by atoms with Crippen LogP contribution in [0.15, 0.2) is 0 Å². The Morgan fingerprint density at radius 1 is 1.18 bits per heavy atom. The van der Waals surface area contributed by atoms with Crippen LogP contribution in [0, 0.1) is 5.41 Å². The summed E-state index contributed by atoms with van der Waals surface area (Å²) in [4.78, 5) is 25.2. The van der Waals surface area contributed by atoms with Gasteiger partial charge in [0, 0.05) is 0 Å². The second-order valence-electron chi connectivity index (χ2n) is 3.66. The normalized spacial score (nSPS) is 13.6. The molecule has 0 bridgehead atoms. The van der Waals surface area contributed by atoms with Crippen LogP contribution in [0.25, 0.3) is 0 Å². The minimum absolute atomic E-state index is 0.0785. The molecule has 68 valence electrons. The van der Waals surface area contributed by atoms with Crippen molar-refractivity contribution < 1.29 is 19.2 Å². The van der Waals surface area contributed by atoms with E-state index in [1.807, 2.05) is 20.8 Å². The molecule has 0 rings (SSSR count). The molecule has 0 aliphatic carbocycles. The molecule has 3 N–H and O–H groups in total. The van der Waals surface area contributed by atoms with Gasteiger partial charge in [-0.1, -0.05) is 20.8 Å². The van der Waals surface area contributed by atoms with Crippen LogP contribution in [-0.2, 0) is 4.52 Å². The van der Waals surface area contributed by atoms with E-state index < -0.39 is 8.17 Å². The maximum atomic E-state index is 8.41. The van der Waals surface area contributed by atoms with Gasteiger partial charge in [-0.15, -0.1) is 0 Å². The number of rotatable bonds is 3. The lowest BCUT2D eigenvalue weighted by Gasteiger charge is -2.16. The van der Waals surface area contributed by atoms with E-state index in [-0.39, 0.29) is 12.0 Å². The Morgan fingerprint density at radius 3 is 1.91 bits per heavy atom. The smallest absolute Gasteiger partial charge is 0.168 e. The van der Waals surface area contributed by atoms with Gasteiger partial charge >= 0.3 is 8.17 Å². The zero-order chi connectivity index (χ0) is 9.12. The van der Waals surface area contributed by atoms with E-state index in [2.05, 4.69) is 4.52 Å². The maximum Gasteiger partial charge on any atom is 0.567 e. The van der Waals surface area contributed by atoms with Crippen LogP contribution in [0.4, 0.5) is 0 Å². The molecule has 0 heterocycles. The molecule has 0 unspecified atom stereocenters. The molecular formula is C6H16O4P+. The molecule has 0 aromatic carbocycles. The topological polar surface area (TPSA) is 69.9 Å². The second-order valence-corrected chi connectivity index (χ2v) is 4.94. The van der Waals surface area contributed by atoms with Gasteiger partial charge in [0.05, 0.1) is 0 Å². The fourth-order valence-electron chi connectivity index (χ4n) is 0.474. The van der Waals surface area contributed by atoms with Crippen molar-refractivity contribution >= 4 is 8.17 Å². The van der Waals surface area contributed by atoms with Crippen molar-refractivity contribution in [1.29, 1.82) is 0 Å². The molecular weight excluding hydrogens is 167 g/mol. The zero-order valence-electron chi connectivity index (χ0n) is 7.11. The lowest BCUT2D eigenvalue weighted by Crippen LogP contribution is -2.09. The Hall–Kier alpha value is 0.270. The highest BCUT2D eigenvalue weighted by Crippen LogP contribution is 2.46. The van der Waals surface area contributed by atoms with Gasteiger partial charge in [0.15, 0.2) is 0 Å². The van der Waals surface area contributed by atoms with Crippen LogP contribution in [0.1, 0.15) is 27.2 Å². The first-order valence-corrected chi connectivity index (χ1v) is 4.99. The summed E-state index contributed by atoms with van der Waals surface area (Å²) in [5, 5.41) is 0. The molecule has 5 heteroatoms. The summed E-state index contributed by atoms with van der Waals surface area (Å²) >= 11 is 0. The predicted molar refractivity (Wildman–Crippen MR) is 43.6 cm³/mol. The average Bonchev–Trinajstić information content (AvgIpc) is 1.55. The quantitative estimate of drug-likeness (QED) is 0.573. The summed E-state index contributed by atoms with van der Waals surface area (Å²) in [6.07, 6.45) is 0.677. The van der Waals surface area contributed by atoms with E-state index >= 15 is 0 Å². The van der Waals surface area contributed by atoms with Gasteiger partial charge in [-0.3, -0.25) is 0 Å². The molecule has 0 amide bonds. The lowest BCUT2D eigenvalue weighted by molar-refractivity contribution is 0.142. The third kappa shape index (κ3) is 10.3. The third-order valence-corrected chi connectivity index (χ3v) is 1.65. The Balaban J connectivity index is 3.44. The third-order valence-electron chi connectivity index (χ3n) is 1.12. The molecule has 0 aromatic heterocycles. The van der Waals surface area contributed by atoms with Gasteiger partial charge in [-0.2, -0.15) is 19.2 Å². The molecule has 11 heavy (non-hydrogen) atoms. The van der Waals surface area contributed by atoms with E-state index in [4.69, 9.17) is 14.7 Å². The van der Waals surface area contributed by atoms with Gasteiger partial charge in [0.1, 0.15) is 6.61 Å². The summed E-state index contributed by atoms with van der Waals surface area (Å²) in [5.41, 5.74) is 0.0785. The van der Waals surface area contributed by atoms with Crippen LogP contribution in [0.3, 0.4) is 0 Å². The molecule has 4 nitrogen and oxygen atoms in total. The summed E-state index contributed by atoms with van der Waals surface area (Å²) in [5.74, 6) is 0. The summed E-state index contributed by atoms with van der Waals surface area (Å²) in [6.45, 7) is 6.18. The van der Waals surface area contributed by atoms with Crippen molar-refractivity contribution in [3.8, 4) is 0 Å². The highest BCUT2D eigenvalue weighted by molar-refractivity contribution is 7.53. The predicted octanol–water partition coefficient (Wildman–Crippen LogP) is 1.09. The molecule has 0 aromatic rings. The Bertz CT molecular complexity index is 98.7.